The molecular weight excluding hydrogens is 178 g/mol. The Morgan fingerprint density at radius 1 is 1.64 bits per heavy atom. The van der Waals surface area contributed by atoms with E-state index in [4.69, 9.17) is 0 Å². The van der Waals surface area contributed by atoms with Gasteiger partial charge in [-0.15, -0.1) is 0 Å². The zero-order chi connectivity index (χ0) is 10.6. The largest absolute Gasteiger partial charge is 0.469 e. The van der Waals surface area contributed by atoms with Gasteiger partial charge in [-0.1, -0.05) is 18.2 Å². The van der Waals surface area contributed by atoms with Crippen LogP contribution in [-0.4, -0.2) is 38.1 Å². The van der Waals surface area contributed by atoms with Gasteiger partial charge in [-0.25, -0.2) is 0 Å². The molecule has 0 aromatic heterocycles. The first-order chi connectivity index (χ1) is 6.63. The number of rotatable bonds is 3. The minimum atomic E-state index is -0.177. The molecule has 0 heterocycles. The van der Waals surface area contributed by atoms with E-state index in [1.165, 1.54) is 7.11 Å². The smallest absolute Gasteiger partial charge is 0.309 e. The lowest BCUT2D eigenvalue weighted by atomic mass is 10.0. The summed E-state index contributed by atoms with van der Waals surface area (Å²) in [5, 5.41) is 0. The van der Waals surface area contributed by atoms with E-state index in [2.05, 4.69) is 21.8 Å². The van der Waals surface area contributed by atoms with E-state index in [1.807, 2.05) is 20.2 Å². The molecule has 78 valence electrons. The average molecular weight is 195 g/mol. The van der Waals surface area contributed by atoms with Gasteiger partial charge in [0.25, 0.3) is 0 Å². The maximum Gasteiger partial charge on any atom is 0.309 e. The molecule has 0 aromatic carbocycles. The van der Waals surface area contributed by atoms with E-state index < -0.39 is 0 Å². The Labute approximate surface area is 85.0 Å². The Bertz CT molecular complexity index is 266. The predicted molar refractivity (Wildman–Crippen MR) is 55.9 cm³/mol. The lowest BCUT2D eigenvalue weighted by molar-refractivity contribution is -0.139. The van der Waals surface area contributed by atoms with Gasteiger partial charge >= 0.3 is 5.97 Å². The van der Waals surface area contributed by atoms with Crippen LogP contribution >= 0.6 is 0 Å². The third kappa shape index (κ3) is 3.00. The topological polar surface area (TPSA) is 29.5 Å². The molecule has 0 spiro atoms. The van der Waals surface area contributed by atoms with Gasteiger partial charge in [0.1, 0.15) is 0 Å². The second-order valence-corrected chi connectivity index (χ2v) is 3.66. The van der Waals surface area contributed by atoms with Crippen molar-refractivity contribution < 1.29 is 9.53 Å². The highest BCUT2D eigenvalue weighted by molar-refractivity contribution is 5.73. The number of carbonyl (C=O) groups excluding carboxylic acids is 1. The molecule has 0 aromatic rings. The Hall–Kier alpha value is -1.09. The van der Waals surface area contributed by atoms with E-state index in [9.17, 15) is 4.79 Å². The van der Waals surface area contributed by atoms with Gasteiger partial charge in [0.05, 0.1) is 13.5 Å². The standard InChI is InChI=1S/C11H17NO2/c1-12(2)10-6-4-9(5-7-10)8-11(13)14-3/h4-6,10H,7-8H2,1-3H3. The SMILES string of the molecule is COC(=O)CC1=CCC(N(C)C)C=C1. The molecule has 3 nitrogen and oxygen atoms in total. The molecular formula is C11H17NO2. The molecule has 1 atom stereocenters. The van der Waals surface area contributed by atoms with Crippen LogP contribution in [0, 0.1) is 0 Å². The van der Waals surface area contributed by atoms with Gasteiger partial charge in [-0.3, -0.25) is 4.79 Å². The summed E-state index contributed by atoms with van der Waals surface area (Å²) in [7, 11) is 5.51. The summed E-state index contributed by atoms with van der Waals surface area (Å²) in [4.78, 5) is 13.1. The minimum absolute atomic E-state index is 0.177. The number of likely N-dealkylation sites (N-methyl/N-ethyl adjacent to an activating group) is 1. The van der Waals surface area contributed by atoms with Gasteiger partial charge in [0.15, 0.2) is 0 Å². The van der Waals surface area contributed by atoms with E-state index in [-0.39, 0.29) is 5.97 Å². The number of esters is 1. The van der Waals surface area contributed by atoms with Crippen LogP contribution in [0.15, 0.2) is 23.8 Å². The number of hydrogen-bond acceptors (Lipinski definition) is 3. The molecule has 0 bridgehead atoms. The Morgan fingerprint density at radius 3 is 2.79 bits per heavy atom. The molecule has 0 amide bonds. The third-order valence-corrected chi connectivity index (χ3v) is 2.39. The number of ether oxygens (including phenoxy) is 1. The summed E-state index contributed by atoms with van der Waals surface area (Å²) in [5.41, 5.74) is 1.05. The molecule has 14 heavy (non-hydrogen) atoms. The maximum atomic E-state index is 11.0. The van der Waals surface area contributed by atoms with E-state index in [1.54, 1.807) is 0 Å². The van der Waals surface area contributed by atoms with Crippen molar-refractivity contribution in [3.05, 3.63) is 23.8 Å². The molecule has 0 N–H and O–H groups in total. The minimum Gasteiger partial charge on any atom is -0.469 e. The maximum absolute atomic E-state index is 11.0. The zero-order valence-electron chi connectivity index (χ0n) is 8.99. The van der Waals surface area contributed by atoms with Crippen molar-refractivity contribution in [3.63, 3.8) is 0 Å². The van der Waals surface area contributed by atoms with Gasteiger partial charge in [0, 0.05) is 6.04 Å². The fraction of sp³-hybridized carbons (Fsp3) is 0.545. The highest BCUT2D eigenvalue weighted by Crippen LogP contribution is 2.16. The normalized spacial score (nSPS) is 20.9. The average Bonchev–Trinajstić information content (AvgIpc) is 2.18. The van der Waals surface area contributed by atoms with Crippen LogP contribution in [-0.2, 0) is 9.53 Å². The second-order valence-electron chi connectivity index (χ2n) is 3.66. The zero-order valence-corrected chi connectivity index (χ0v) is 8.99. The number of hydrogen-bond donors (Lipinski definition) is 0. The highest BCUT2D eigenvalue weighted by atomic mass is 16.5. The van der Waals surface area contributed by atoms with Gasteiger partial charge in [-0.2, -0.15) is 0 Å². The Kier molecular flexibility index (Phi) is 3.89. The van der Waals surface area contributed by atoms with Crippen molar-refractivity contribution in [1.82, 2.24) is 4.90 Å². The van der Waals surface area contributed by atoms with Crippen LogP contribution in [0.2, 0.25) is 0 Å². The number of carbonyl (C=O) groups is 1. The molecule has 0 fully saturated rings. The quantitative estimate of drug-likeness (QED) is 0.637. The summed E-state index contributed by atoms with van der Waals surface area (Å²) in [6.07, 6.45) is 7.58. The molecule has 0 saturated carbocycles. The number of nitrogens with zero attached hydrogens (tertiary/aromatic N) is 1. The molecule has 1 aliphatic carbocycles. The van der Waals surface area contributed by atoms with Gasteiger partial charge < -0.3 is 9.64 Å². The predicted octanol–water partition coefficient (Wildman–Crippen LogP) is 1.37. The summed E-state index contributed by atoms with van der Waals surface area (Å²) in [6, 6.07) is 0.455. The summed E-state index contributed by atoms with van der Waals surface area (Å²) in [5.74, 6) is -0.177. The van der Waals surface area contributed by atoms with Crippen molar-refractivity contribution in [1.29, 1.82) is 0 Å². The molecule has 1 unspecified atom stereocenters. The van der Waals surface area contributed by atoms with Crippen molar-refractivity contribution >= 4 is 5.97 Å². The van der Waals surface area contributed by atoms with Crippen molar-refractivity contribution in [3.8, 4) is 0 Å². The van der Waals surface area contributed by atoms with Crippen LogP contribution in [0.25, 0.3) is 0 Å². The third-order valence-electron chi connectivity index (χ3n) is 2.39. The molecule has 1 aliphatic rings. The van der Waals surface area contributed by atoms with E-state index in [0.717, 1.165) is 12.0 Å². The fourth-order valence-corrected chi connectivity index (χ4v) is 1.41. The van der Waals surface area contributed by atoms with Crippen LogP contribution in [0.4, 0.5) is 0 Å². The fourth-order valence-electron chi connectivity index (χ4n) is 1.41. The lowest BCUT2D eigenvalue weighted by Gasteiger charge is -2.22. The Morgan fingerprint density at radius 2 is 2.36 bits per heavy atom. The Balaban J connectivity index is 2.47. The summed E-state index contributed by atoms with van der Waals surface area (Å²) in [6.45, 7) is 0. The molecule has 3 heteroatoms. The van der Waals surface area contributed by atoms with E-state index in [0.29, 0.717) is 12.5 Å². The molecule has 0 radical (unpaired) electrons. The first-order valence-corrected chi connectivity index (χ1v) is 4.74. The van der Waals surface area contributed by atoms with Crippen LogP contribution < -0.4 is 0 Å². The summed E-state index contributed by atoms with van der Waals surface area (Å²) >= 11 is 0. The van der Waals surface area contributed by atoms with Gasteiger partial charge in [-0.05, 0) is 26.1 Å². The molecule has 1 rings (SSSR count). The monoisotopic (exact) mass is 195 g/mol. The van der Waals surface area contributed by atoms with Crippen molar-refractivity contribution in [2.45, 2.75) is 18.9 Å². The molecule has 0 aliphatic heterocycles. The van der Waals surface area contributed by atoms with Crippen LogP contribution in [0.5, 0.6) is 0 Å². The first kappa shape index (κ1) is 11.0. The number of allylic oxidation sites excluding steroid dienone is 1. The van der Waals surface area contributed by atoms with Crippen molar-refractivity contribution in [2.24, 2.45) is 0 Å². The summed E-state index contributed by atoms with van der Waals surface area (Å²) < 4.78 is 4.60. The van der Waals surface area contributed by atoms with Gasteiger partial charge in [0.2, 0.25) is 0 Å². The lowest BCUT2D eigenvalue weighted by Crippen LogP contribution is -2.26. The molecule has 0 saturated heterocycles. The van der Waals surface area contributed by atoms with Crippen molar-refractivity contribution in [2.75, 3.05) is 21.2 Å². The highest BCUT2D eigenvalue weighted by Gasteiger charge is 2.12. The number of methoxy groups -OCH3 is 1. The second kappa shape index (κ2) is 4.96. The van der Waals surface area contributed by atoms with Crippen LogP contribution in [0.1, 0.15) is 12.8 Å². The van der Waals surface area contributed by atoms with Crippen LogP contribution in [0.3, 0.4) is 0 Å². The van der Waals surface area contributed by atoms with E-state index >= 15 is 0 Å². The first-order valence-electron chi connectivity index (χ1n) is 4.74.